The van der Waals surface area contributed by atoms with Crippen molar-refractivity contribution in [2.45, 2.75) is 33.1 Å². The van der Waals surface area contributed by atoms with Crippen LogP contribution in [-0.4, -0.2) is 33.3 Å². The minimum atomic E-state index is 0.111. The largest absolute Gasteiger partial charge is 0.342 e. The van der Waals surface area contributed by atoms with Gasteiger partial charge >= 0.3 is 0 Å². The summed E-state index contributed by atoms with van der Waals surface area (Å²) in [5, 5.41) is 0.610. The number of halogens is 2. The van der Waals surface area contributed by atoms with Crippen LogP contribution in [0.15, 0.2) is 30.5 Å². The number of carbonyl (C=O) groups excluding carboxylic acids is 1. The Morgan fingerprint density at radius 2 is 1.88 bits per heavy atom. The maximum absolute atomic E-state index is 12.9. The maximum Gasteiger partial charge on any atom is 0.228 e. The Bertz CT molecular complexity index is 913. The van der Waals surface area contributed by atoms with E-state index in [1.54, 1.807) is 6.07 Å². The molecule has 3 aromatic rings. The van der Waals surface area contributed by atoms with Crippen LogP contribution in [0.5, 0.6) is 0 Å². The van der Waals surface area contributed by atoms with Crippen molar-refractivity contribution in [3.05, 3.63) is 45.5 Å². The second-order valence-electron chi connectivity index (χ2n) is 6.14. The number of nitrogens with zero attached hydrogens (tertiary/aromatic N) is 3. The molecule has 0 saturated heterocycles. The van der Waals surface area contributed by atoms with E-state index in [0.717, 1.165) is 47.8 Å². The lowest BCUT2D eigenvalue weighted by atomic mass is 10.2. The van der Waals surface area contributed by atoms with Crippen LogP contribution in [-0.2, 0) is 11.2 Å². The number of pyridine rings is 1. The van der Waals surface area contributed by atoms with Crippen molar-refractivity contribution in [2.75, 3.05) is 13.1 Å². The molecule has 0 aromatic carbocycles. The number of hydrogen-bond acceptors (Lipinski definition) is 3. The predicted octanol–water partition coefficient (Wildman–Crippen LogP) is 5.56. The first-order chi connectivity index (χ1) is 12.5. The van der Waals surface area contributed by atoms with E-state index in [0.29, 0.717) is 9.36 Å². The first kappa shape index (κ1) is 19.2. The first-order valence-electron chi connectivity index (χ1n) is 8.73. The van der Waals surface area contributed by atoms with Crippen molar-refractivity contribution in [3.63, 3.8) is 0 Å². The summed E-state index contributed by atoms with van der Waals surface area (Å²) in [5.74, 6) is 0.111. The molecule has 0 radical (unpaired) electrons. The van der Waals surface area contributed by atoms with E-state index in [-0.39, 0.29) is 12.3 Å². The van der Waals surface area contributed by atoms with Gasteiger partial charge in [-0.05, 0) is 37.1 Å². The maximum atomic E-state index is 12.9. The summed E-state index contributed by atoms with van der Waals surface area (Å²) < 4.78 is 2.62. The van der Waals surface area contributed by atoms with E-state index >= 15 is 0 Å². The Morgan fingerprint density at radius 1 is 1.15 bits per heavy atom. The molecule has 0 fully saturated rings. The molecule has 26 heavy (non-hydrogen) atoms. The summed E-state index contributed by atoms with van der Waals surface area (Å²) in [6.07, 6.45) is 3.98. The number of carbonyl (C=O) groups is 1. The number of thiophene rings is 1. The Labute approximate surface area is 167 Å². The summed E-state index contributed by atoms with van der Waals surface area (Å²) in [6.45, 7) is 5.71. The summed E-state index contributed by atoms with van der Waals surface area (Å²) in [5.41, 5.74) is 2.42. The highest BCUT2D eigenvalue weighted by Crippen LogP contribution is 2.34. The highest BCUT2D eigenvalue weighted by molar-refractivity contribution is 7.19. The summed E-state index contributed by atoms with van der Waals surface area (Å²) in [6, 6.07) is 7.47. The molecule has 3 heterocycles. The predicted molar refractivity (Wildman–Crippen MR) is 109 cm³/mol. The lowest BCUT2D eigenvalue weighted by molar-refractivity contribution is -0.130. The molecule has 0 N–H and O–H groups in total. The highest BCUT2D eigenvalue weighted by atomic mass is 35.5. The Hall–Kier alpha value is -1.56. The molecule has 0 aliphatic heterocycles. The second kappa shape index (κ2) is 8.42. The van der Waals surface area contributed by atoms with E-state index < -0.39 is 0 Å². The number of fused-ring (bicyclic) bond motifs is 1. The van der Waals surface area contributed by atoms with Crippen molar-refractivity contribution < 1.29 is 4.79 Å². The van der Waals surface area contributed by atoms with Gasteiger partial charge in [0, 0.05) is 19.3 Å². The minimum Gasteiger partial charge on any atom is -0.342 e. The van der Waals surface area contributed by atoms with Gasteiger partial charge in [-0.1, -0.05) is 37.0 Å². The third-order valence-corrected chi connectivity index (χ3v) is 5.61. The van der Waals surface area contributed by atoms with Gasteiger partial charge in [-0.2, -0.15) is 0 Å². The molecule has 0 aliphatic carbocycles. The van der Waals surface area contributed by atoms with Crippen LogP contribution in [0.4, 0.5) is 0 Å². The van der Waals surface area contributed by atoms with Gasteiger partial charge in [-0.15, -0.1) is 11.3 Å². The molecule has 4 nitrogen and oxygen atoms in total. The SMILES string of the molecule is CCCN(CCC)C(=O)Cc1c(-c2ccc(Cl)s2)nc2ccc(Cl)cn12. The zero-order chi connectivity index (χ0) is 18.7. The molecule has 1 amide bonds. The lowest BCUT2D eigenvalue weighted by Crippen LogP contribution is -2.34. The average molecular weight is 410 g/mol. The third kappa shape index (κ3) is 4.05. The van der Waals surface area contributed by atoms with E-state index in [1.807, 2.05) is 33.7 Å². The van der Waals surface area contributed by atoms with Gasteiger partial charge in [-0.25, -0.2) is 4.98 Å². The van der Waals surface area contributed by atoms with Gasteiger partial charge in [0.1, 0.15) is 11.3 Å². The van der Waals surface area contributed by atoms with Crippen LogP contribution in [0.3, 0.4) is 0 Å². The van der Waals surface area contributed by atoms with E-state index in [2.05, 4.69) is 13.8 Å². The number of imidazole rings is 1. The molecule has 0 atom stereocenters. The quantitative estimate of drug-likeness (QED) is 0.511. The standard InChI is InChI=1S/C19H21Cl2N3OS/c1-3-9-23(10-4-2)18(25)11-14-19(15-6-7-16(21)26-15)22-17-8-5-13(20)12-24(14)17/h5-8,12H,3-4,9-11H2,1-2H3. The molecule has 3 rings (SSSR count). The molecule has 0 saturated carbocycles. The molecule has 0 bridgehead atoms. The Balaban J connectivity index is 2.04. The van der Waals surface area contributed by atoms with E-state index in [4.69, 9.17) is 28.2 Å². The van der Waals surface area contributed by atoms with Crippen LogP contribution >= 0.6 is 34.5 Å². The second-order valence-corrected chi connectivity index (χ2v) is 8.30. The van der Waals surface area contributed by atoms with Crippen LogP contribution in [0.2, 0.25) is 9.36 Å². The van der Waals surface area contributed by atoms with Gasteiger partial charge in [0.25, 0.3) is 0 Å². The topological polar surface area (TPSA) is 37.6 Å². The molecule has 7 heteroatoms. The lowest BCUT2D eigenvalue weighted by Gasteiger charge is -2.21. The normalized spacial score (nSPS) is 11.2. The Morgan fingerprint density at radius 3 is 2.50 bits per heavy atom. The first-order valence-corrected chi connectivity index (χ1v) is 10.3. The smallest absolute Gasteiger partial charge is 0.228 e. The van der Waals surface area contributed by atoms with E-state index in [9.17, 15) is 4.79 Å². The fourth-order valence-electron chi connectivity index (χ4n) is 3.03. The number of hydrogen-bond donors (Lipinski definition) is 0. The third-order valence-electron chi connectivity index (χ3n) is 4.15. The minimum absolute atomic E-state index is 0.111. The average Bonchev–Trinajstić information content (AvgIpc) is 3.18. The molecule has 138 valence electrons. The van der Waals surface area contributed by atoms with Gasteiger partial charge in [0.15, 0.2) is 0 Å². The van der Waals surface area contributed by atoms with Crippen molar-refractivity contribution >= 4 is 46.1 Å². The summed E-state index contributed by atoms with van der Waals surface area (Å²) >= 11 is 13.8. The number of amides is 1. The van der Waals surface area contributed by atoms with Crippen LogP contribution < -0.4 is 0 Å². The van der Waals surface area contributed by atoms with E-state index in [1.165, 1.54) is 11.3 Å². The fourth-order valence-corrected chi connectivity index (χ4v) is 4.25. The van der Waals surface area contributed by atoms with Gasteiger partial charge in [0.2, 0.25) is 5.91 Å². The molecule has 0 unspecified atom stereocenters. The zero-order valence-electron chi connectivity index (χ0n) is 14.8. The number of aromatic nitrogens is 2. The van der Waals surface area contributed by atoms with Crippen molar-refractivity contribution in [1.82, 2.24) is 14.3 Å². The molecular weight excluding hydrogens is 389 g/mol. The Kier molecular flexibility index (Phi) is 6.22. The van der Waals surface area contributed by atoms with Crippen molar-refractivity contribution in [1.29, 1.82) is 0 Å². The van der Waals surface area contributed by atoms with Crippen molar-refractivity contribution in [2.24, 2.45) is 0 Å². The zero-order valence-corrected chi connectivity index (χ0v) is 17.2. The summed E-state index contributed by atoms with van der Waals surface area (Å²) in [7, 11) is 0. The highest BCUT2D eigenvalue weighted by Gasteiger charge is 2.21. The molecule has 3 aromatic heterocycles. The van der Waals surface area contributed by atoms with Gasteiger partial charge in [-0.3, -0.25) is 4.79 Å². The van der Waals surface area contributed by atoms with Crippen LogP contribution in [0.1, 0.15) is 32.4 Å². The van der Waals surface area contributed by atoms with Crippen LogP contribution in [0.25, 0.3) is 16.2 Å². The molecule has 0 spiro atoms. The number of rotatable bonds is 7. The molecule has 0 aliphatic rings. The fraction of sp³-hybridized carbons (Fsp3) is 0.368. The monoisotopic (exact) mass is 409 g/mol. The summed E-state index contributed by atoms with van der Waals surface area (Å²) in [4.78, 5) is 20.5. The van der Waals surface area contributed by atoms with Gasteiger partial charge < -0.3 is 9.30 Å². The van der Waals surface area contributed by atoms with Gasteiger partial charge in [0.05, 0.1) is 26.4 Å². The van der Waals surface area contributed by atoms with Crippen LogP contribution in [0, 0.1) is 0 Å². The molecular formula is C19H21Cl2N3OS. The van der Waals surface area contributed by atoms with Crippen molar-refractivity contribution in [3.8, 4) is 10.6 Å².